The van der Waals surface area contributed by atoms with Gasteiger partial charge in [0.25, 0.3) is 0 Å². The smallest absolute Gasteiger partial charge is 0.230 e. The summed E-state index contributed by atoms with van der Waals surface area (Å²) in [6.07, 6.45) is 0. The number of carbonyl (C=O) groups is 1. The Morgan fingerprint density at radius 2 is 1.79 bits per heavy atom. The second kappa shape index (κ2) is 7.11. The Morgan fingerprint density at radius 1 is 1.12 bits per heavy atom. The minimum atomic E-state index is -0.282. The molecule has 0 aromatic heterocycles. The molecule has 2 atom stereocenters. The van der Waals surface area contributed by atoms with Crippen molar-refractivity contribution in [3.05, 3.63) is 65.5 Å². The first-order valence-electron chi connectivity index (χ1n) is 8.19. The van der Waals surface area contributed by atoms with Crippen LogP contribution in [0.1, 0.15) is 36.9 Å². The normalized spacial score (nSPS) is 20.3. The molecule has 0 saturated carbocycles. The third-order valence-electron chi connectivity index (χ3n) is 4.39. The number of rotatable bonds is 4. The van der Waals surface area contributed by atoms with Crippen molar-refractivity contribution in [3.63, 3.8) is 0 Å². The highest BCUT2D eigenvalue weighted by Gasteiger charge is 2.33. The molecule has 1 aliphatic rings. The molecule has 3 rings (SSSR count). The van der Waals surface area contributed by atoms with Crippen LogP contribution in [-0.4, -0.2) is 12.5 Å². The highest BCUT2D eigenvalue weighted by Crippen LogP contribution is 2.26. The van der Waals surface area contributed by atoms with E-state index in [1.165, 1.54) is 17.7 Å². The number of benzene rings is 2. The molecule has 1 aliphatic heterocycles. The topological polar surface area (TPSA) is 53.2 Å². The summed E-state index contributed by atoms with van der Waals surface area (Å²) in [6.45, 7) is 4.80. The van der Waals surface area contributed by atoms with Crippen molar-refractivity contribution in [1.29, 1.82) is 0 Å². The van der Waals surface area contributed by atoms with Gasteiger partial charge in [0.05, 0.1) is 12.0 Å². The fourth-order valence-corrected chi connectivity index (χ4v) is 2.91. The van der Waals surface area contributed by atoms with E-state index in [0.717, 1.165) is 11.3 Å². The van der Waals surface area contributed by atoms with Gasteiger partial charge in [0.2, 0.25) is 5.91 Å². The maximum Gasteiger partial charge on any atom is 0.230 e. The molecule has 2 aromatic carbocycles. The zero-order valence-electron chi connectivity index (χ0n) is 13.8. The molecule has 1 amide bonds. The maximum absolute atomic E-state index is 13.1. The number of amides is 1. The van der Waals surface area contributed by atoms with Gasteiger partial charge in [-0.1, -0.05) is 38.1 Å². The second-order valence-corrected chi connectivity index (χ2v) is 6.43. The first kappa shape index (κ1) is 16.6. The van der Waals surface area contributed by atoms with Gasteiger partial charge < -0.3 is 5.32 Å². The van der Waals surface area contributed by atoms with Gasteiger partial charge in [0, 0.05) is 12.2 Å². The molecule has 4 nitrogen and oxygen atoms in total. The molecule has 3 N–H and O–H groups in total. The summed E-state index contributed by atoms with van der Waals surface area (Å²) in [5, 5.41) is 2.97. The Hall–Kier alpha value is -2.24. The summed E-state index contributed by atoms with van der Waals surface area (Å²) < 4.78 is 13.1. The Labute approximate surface area is 141 Å². The van der Waals surface area contributed by atoms with Crippen molar-refractivity contribution >= 4 is 11.6 Å². The molecule has 1 heterocycles. The lowest BCUT2D eigenvalue weighted by atomic mass is 9.94. The van der Waals surface area contributed by atoms with E-state index >= 15 is 0 Å². The van der Waals surface area contributed by atoms with E-state index in [9.17, 15) is 9.18 Å². The van der Waals surface area contributed by atoms with E-state index in [1.54, 1.807) is 12.1 Å². The standard InChI is InChI=1S/C19H22FN3O/c1-12(2)13-5-9-16(10-6-13)22-19(24)17-11-21-23-18(17)14-3-7-15(20)8-4-14/h3-10,12,17-18,21,23H,11H2,1-2H3,(H,22,24). The van der Waals surface area contributed by atoms with Crippen molar-refractivity contribution < 1.29 is 9.18 Å². The van der Waals surface area contributed by atoms with Gasteiger partial charge in [-0.05, 0) is 41.3 Å². The predicted molar refractivity (Wildman–Crippen MR) is 92.9 cm³/mol. The van der Waals surface area contributed by atoms with Crippen molar-refractivity contribution in [1.82, 2.24) is 10.9 Å². The third-order valence-corrected chi connectivity index (χ3v) is 4.39. The molecule has 5 heteroatoms. The number of nitrogens with one attached hydrogen (secondary N) is 3. The Kier molecular flexibility index (Phi) is 4.92. The Balaban J connectivity index is 1.70. The van der Waals surface area contributed by atoms with E-state index in [0.29, 0.717) is 12.5 Å². The maximum atomic E-state index is 13.1. The SMILES string of the molecule is CC(C)c1ccc(NC(=O)C2CNNC2c2ccc(F)cc2)cc1. The van der Waals surface area contributed by atoms with Gasteiger partial charge in [-0.25, -0.2) is 9.82 Å². The molecule has 1 saturated heterocycles. The average Bonchev–Trinajstić information content (AvgIpc) is 3.06. The number of hydrogen-bond donors (Lipinski definition) is 3. The van der Waals surface area contributed by atoms with Gasteiger partial charge in [0.1, 0.15) is 5.82 Å². The summed E-state index contributed by atoms with van der Waals surface area (Å²) in [5.41, 5.74) is 9.03. The monoisotopic (exact) mass is 327 g/mol. The largest absolute Gasteiger partial charge is 0.326 e. The van der Waals surface area contributed by atoms with Crippen LogP contribution >= 0.6 is 0 Å². The molecule has 0 spiro atoms. The number of anilines is 1. The van der Waals surface area contributed by atoms with Gasteiger partial charge >= 0.3 is 0 Å². The van der Waals surface area contributed by atoms with E-state index in [1.807, 2.05) is 24.3 Å². The number of hydrogen-bond acceptors (Lipinski definition) is 3. The van der Waals surface area contributed by atoms with Crippen LogP contribution in [0, 0.1) is 11.7 Å². The highest BCUT2D eigenvalue weighted by molar-refractivity contribution is 5.93. The molecule has 0 bridgehead atoms. The van der Waals surface area contributed by atoms with Crippen LogP contribution < -0.4 is 16.2 Å². The van der Waals surface area contributed by atoms with Crippen LogP contribution in [0.5, 0.6) is 0 Å². The summed E-state index contributed by atoms with van der Waals surface area (Å²) in [5.74, 6) is -0.142. The van der Waals surface area contributed by atoms with Gasteiger partial charge in [-0.15, -0.1) is 0 Å². The zero-order chi connectivity index (χ0) is 17.1. The van der Waals surface area contributed by atoms with Crippen molar-refractivity contribution in [2.75, 3.05) is 11.9 Å². The summed E-state index contributed by atoms with van der Waals surface area (Å²) in [4.78, 5) is 12.6. The predicted octanol–water partition coefficient (Wildman–Crippen LogP) is 3.35. The molecule has 24 heavy (non-hydrogen) atoms. The molecular weight excluding hydrogens is 305 g/mol. The quantitative estimate of drug-likeness (QED) is 0.807. The second-order valence-electron chi connectivity index (χ2n) is 6.43. The van der Waals surface area contributed by atoms with Crippen LogP contribution in [0.4, 0.5) is 10.1 Å². The highest BCUT2D eigenvalue weighted by atomic mass is 19.1. The Bertz CT molecular complexity index is 698. The van der Waals surface area contributed by atoms with Crippen LogP contribution in [-0.2, 0) is 4.79 Å². The first-order chi connectivity index (χ1) is 11.5. The van der Waals surface area contributed by atoms with Crippen molar-refractivity contribution in [3.8, 4) is 0 Å². The van der Waals surface area contributed by atoms with Gasteiger partial charge in [-0.2, -0.15) is 0 Å². The van der Waals surface area contributed by atoms with Crippen LogP contribution in [0.25, 0.3) is 0 Å². The number of halogens is 1. The van der Waals surface area contributed by atoms with Gasteiger partial charge in [0.15, 0.2) is 0 Å². The number of carbonyl (C=O) groups excluding carboxylic acids is 1. The average molecular weight is 327 g/mol. The van der Waals surface area contributed by atoms with Crippen molar-refractivity contribution in [2.24, 2.45) is 5.92 Å². The lowest BCUT2D eigenvalue weighted by molar-refractivity contribution is -0.119. The summed E-state index contributed by atoms with van der Waals surface area (Å²) in [7, 11) is 0. The molecule has 1 fully saturated rings. The van der Waals surface area contributed by atoms with Crippen LogP contribution in [0.2, 0.25) is 0 Å². The minimum Gasteiger partial charge on any atom is -0.326 e. The fourth-order valence-electron chi connectivity index (χ4n) is 2.91. The molecule has 126 valence electrons. The van der Waals surface area contributed by atoms with Crippen molar-refractivity contribution in [2.45, 2.75) is 25.8 Å². The minimum absolute atomic E-state index is 0.0564. The van der Waals surface area contributed by atoms with E-state index in [2.05, 4.69) is 30.0 Å². The molecule has 0 radical (unpaired) electrons. The summed E-state index contributed by atoms with van der Waals surface area (Å²) in [6, 6.07) is 14.0. The van der Waals surface area contributed by atoms with E-state index in [-0.39, 0.29) is 23.7 Å². The third kappa shape index (κ3) is 3.63. The van der Waals surface area contributed by atoms with Crippen LogP contribution in [0.3, 0.4) is 0 Å². The van der Waals surface area contributed by atoms with E-state index in [4.69, 9.17) is 0 Å². The molecule has 0 aliphatic carbocycles. The Morgan fingerprint density at radius 3 is 2.42 bits per heavy atom. The molecular formula is C19H22FN3O. The molecule has 2 aromatic rings. The lowest BCUT2D eigenvalue weighted by Crippen LogP contribution is -2.29. The summed E-state index contributed by atoms with van der Waals surface area (Å²) >= 11 is 0. The van der Waals surface area contributed by atoms with Crippen LogP contribution in [0.15, 0.2) is 48.5 Å². The van der Waals surface area contributed by atoms with Gasteiger partial charge in [-0.3, -0.25) is 10.2 Å². The lowest BCUT2D eigenvalue weighted by Gasteiger charge is -2.18. The molecule has 2 unspecified atom stereocenters. The first-order valence-corrected chi connectivity index (χ1v) is 8.19. The van der Waals surface area contributed by atoms with E-state index < -0.39 is 0 Å². The zero-order valence-corrected chi connectivity index (χ0v) is 13.8. The number of hydrazine groups is 1. The fraction of sp³-hybridized carbons (Fsp3) is 0.316.